The maximum Gasteiger partial charge on any atom is 0.191 e. The summed E-state index contributed by atoms with van der Waals surface area (Å²) in [6, 6.07) is 0. The van der Waals surface area contributed by atoms with Gasteiger partial charge in [-0.2, -0.15) is 0 Å². The van der Waals surface area contributed by atoms with Crippen LogP contribution in [0.3, 0.4) is 0 Å². The molecule has 2 N–H and O–H groups in total. The van der Waals surface area contributed by atoms with Gasteiger partial charge in [0, 0.05) is 13.1 Å². The van der Waals surface area contributed by atoms with Crippen LogP contribution in [0.1, 0.15) is 27.7 Å². The van der Waals surface area contributed by atoms with Gasteiger partial charge in [-0.1, -0.05) is 0 Å². The predicted octanol–water partition coefficient (Wildman–Crippen LogP) is 1.69. The second-order valence-corrected chi connectivity index (χ2v) is 3.33. The highest BCUT2D eigenvalue weighted by Gasteiger charge is 2.00. The first-order valence-corrected chi connectivity index (χ1v) is 5.28. The minimum atomic E-state index is 0. The third-order valence-corrected chi connectivity index (χ3v) is 1.90. The van der Waals surface area contributed by atoms with Crippen molar-refractivity contribution in [2.24, 2.45) is 10.7 Å². The van der Waals surface area contributed by atoms with E-state index in [1.807, 2.05) is 18.7 Å². The summed E-state index contributed by atoms with van der Waals surface area (Å²) in [6.45, 7) is 11.2. The molecule has 92 valence electrons. The standard InChI is InChI=1S/C10H23N3O.HI/c1-5-13(6-2)10(11)12-7-8-14-9(3)4;/h9H,5-8H2,1-4H3,(H2,11,12);1H. The monoisotopic (exact) mass is 329 g/mol. The van der Waals surface area contributed by atoms with E-state index in [-0.39, 0.29) is 30.1 Å². The third-order valence-electron chi connectivity index (χ3n) is 1.90. The maximum absolute atomic E-state index is 5.78. The summed E-state index contributed by atoms with van der Waals surface area (Å²) >= 11 is 0. The number of halogens is 1. The summed E-state index contributed by atoms with van der Waals surface area (Å²) in [5.41, 5.74) is 5.78. The van der Waals surface area contributed by atoms with E-state index in [0.29, 0.717) is 19.1 Å². The summed E-state index contributed by atoms with van der Waals surface area (Å²) in [4.78, 5) is 6.26. The van der Waals surface area contributed by atoms with E-state index >= 15 is 0 Å². The van der Waals surface area contributed by atoms with Crippen molar-refractivity contribution in [3.63, 3.8) is 0 Å². The number of ether oxygens (including phenoxy) is 1. The molecule has 0 aliphatic rings. The van der Waals surface area contributed by atoms with Gasteiger partial charge in [-0.3, -0.25) is 4.99 Å². The average molecular weight is 329 g/mol. The fraction of sp³-hybridized carbons (Fsp3) is 0.900. The number of aliphatic imine (C=N–C) groups is 1. The molecule has 0 amide bonds. The molecule has 15 heavy (non-hydrogen) atoms. The normalized spacial score (nSPS) is 11.4. The van der Waals surface area contributed by atoms with Crippen molar-refractivity contribution in [1.29, 1.82) is 0 Å². The maximum atomic E-state index is 5.78. The molecule has 0 saturated heterocycles. The van der Waals surface area contributed by atoms with Crippen LogP contribution in [0.4, 0.5) is 0 Å². The summed E-state index contributed by atoms with van der Waals surface area (Å²) in [7, 11) is 0. The molecule has 0 bridgehead atoms. The largest absolute Gasteiger partial charge is 0.377 e. The Balaban J connectivity index is 0. The van der Waals surface area contributed by atoms with Gasteiger partial charge in [0.1, 0.15) is 0 Å². The van der Waals surface area contributed by atoms with E-state index in [2.05, 4.69) is 18.8 Å². The second kappa shape index (κ2) is 10.5. The highest BCUT2D eigenvalue weighted by molar-refractivity contribution is 14.0. The van der Waals surface area contributed by atoms with Crippen molar-refractivity contribution in [2.45, 2.75) is 33.8 Å². The molecule has 4 nitrogen and oxygen atoms in total. The highest BCUT2D eigenvalue weighted by Crippen LogP contribution is 1.89. The summed E-state index contributed by atoms with van der Waals surface area (Å²) < 4.78 is 5.36. The van der Waals surface area contributed by atoms with Crippen LogP contribution in [0.5, 0.6) is 0 Å². The van der Waals surface area contributed by atoms with E-state index in [0.717, 1.165) is 13.1 Å². The van der Waals surface area contributed by atoms with Crippen LogP contribution >= 0.6 is 24.0 Å². The van der Waals surface area contributed by atoms with Gasteiger partial charge in [0.15, 0.2) is 5.96 Å². The molecule has 0 aromatic rings. The Bertz CT molecular complexity index is 170. The lowest BCUT2D eigenvalue weighted by atomic mass is 10.5. The molecule has 0 aliphatic carbocycles. The number of hydrogen-bond acceptors (Lipinski definition) is 2. The quantitative estimate of drug-likeness (QED) is 0.349. The minimum Gasteiger partial charge on any atom is -0.377 e. The molecule has 0 aliphatic heterocycles. The lowest BCUT2D eigenvalue weighted by molar-refractivity contribution is 0.0852. The van der Waals surface area contributed by atoms with Gasteiger partial charge < -0.3 is 15.4 Å². The van der Waals surface area contributed by atoms with Gasteiger partial charge >= 0.3 is 0 Å². The van der Waals surface area contributed by atoms with Crippen LogP contribution in [0.2, 0.25) is 0 Å². The number of hydrogen-bond donors (Lipinski definition) is 1. The molecule has 0 spiro atoms. The summed E-state index contributed by atoms with van der Waals surface area (Å²) in [6.07, 6.45) is 0.264. The molecule has 0 heterocycles. The number of guanidine groups is 1. The number of nitrogens with two attached hydrogens (primary N) is 1. The van der Waals surface area contributed by atoms with E-state index < -0.39 is 0 Å². The fourth-order valence-corrected chi connectivity index (χ4v) is 1.10. The van der Waals surface area contributed by atoms with Crippen molar-refractivity contribution in [3.8, 4) is 0 Å². The molecule has 0 unspecified atom stereocenters. The second-order valence-electron chi connectivity index (χ2n) is 3.33. The van der Waals surface area contributed by atoms with Crippen LogP contribution < -0.4 is 5.73 Å². The first-order chi connectivity index (χ1) is 6.61. The zero-order valence-electron chi connectivity index (χ0n) is 10.2. The fourth-order valence-electron chi connectivity index (χ4n) is 1.10. The Labute approximate surface area is 110 Å². The molecular formula is C10H24IN3O. The smallest absolute Gasteiger partial charge is 0.191 e. The molecular weight excluding hydrogens is 305 g/mol. The van der Waals surface area contributed by atoms with Crippen LogP contribution in [0.25, 0.3) is 0 Å². The van der Waals surface area contributed by atoms with Gasteiger partial charge in [-0.15, -0.1) is 24.0 Å². The molecule has 5 heteroatoms. The molecule has 0 saturated carbocycles. The van der Waals surface area contributed by atoms with Gasteiger partial charge in [-0.05, 0) is 27.7 Å². The molecule has 0 atom stereocenters. The molecule has 0 radical (unpaired) electrons. The molecule has 0 aromatic heterocycles. The van der Waals surface area contributed by atoms with Crippen molar-refractivity contribution in [1.82, 2.24) is 4.90 Å². The van der Waals surface area contributed by atoms with E-state index in [9.17, 15) is 0 Å². The Hall–Kier alpha value is -0.0400. The van der Waals surface area contributed by atoms with E-state index in [1.165, 1.54) is 0 Å². The van der Waals surface area contributed by atoms with Gasteiger partial charge in [0.25, 0.3) is 0 Å². The Morgan fingerprint density at radius 1 is 1.33 bits per heavy atom. The van der Waals surface area contributed by atoms with Crippen LogP contribution in [0.15, 0.2) is 4.99 Å². The first kappa shape index (κ1) is 17.4. The highest BCUT2D eigenvalue weighted by atomic mass is 127. The predicted molar refractivity (Wildman–Crippen MR) is 75.9 cm³/mol. The van der Waals surface area contributed by atoms with Crippen LogP contribution in [0, 0.1) is 0 Å². The zero-order valence-corrected chi connectivity index (χ0v) is 12.5. The van der Waals surface area contributed by atoms with Crippen molar-refractivity contribution < 1.29 is 4.74 Å². The van der Waals surface area contributed by atoms with E-state index in [4.69, 9.17) is 10.5 Å². The average Bonchev–Trinajstić information content (AvgIpc) is 2.14. The van der Waals surface area contributed by atoms with Crippen LogP contribution in [-0.4, -0.2) is 43.2 Å². The lowest BCUT2D eigenvalue weighted by Gasteiger charge is -2.19. The lowest BCUT2D eigenvalue weighted by Crippen LogP contribution is -2.37. The SMILES string of the molecule is CCN(CC)C(N)=NCCOC(C)C.I. The first-order valence-electron chi connectivity index (χ1n) is 5.28. The Morgan fingerprint density at radius 2 is 1.87 bits per heavy atom. The molecule has 0 aromatic carbocycles. The van der Waals surface area contributed by atoms with Gasteiger partial charge in [0.05, 0.1) is 19.3 Å². The Morgan fingerprint density at radius 3 is 2.27 bits per heavy atom. The third kappa shape index (κ3) is 8.92. The molecule has 0 rings (SSSR count). The van der Waals surface area contributed by atoms with E-state index in [1.54, 1.807) is 0 Å². The van der Waals surface area contributed by atoms with Crippen molar-refractivity contribution in [2.75, 3.05) is 26.2 Å². The summed E-state index contributed by atoms with van der Waals surface area (Å²) in [5, 5.41) is 0. The number of rotatable bonds is 6. The topological polar surface area (TPSA) is 50.8 Å². The molecule has 0 fully saturated rings. The van der Waals surface area contributed by atoms with Crippen molar-refractivity contribution in [3.05, 3.63) is 0 Å². The van der Waals surface area contributed by atoms with Gasteiger partial charge in [-0.25, -0.2) is 0 Å². The number of nitrogens with zero attached hydrogens (tertiary/aromatic N) is 2. The van der Waals surface area contributed by atoms with Crippen LogP contribution in [-0.2, 0) is 4.74 Å². The Kier molecular flexibility index (Phi) is 12.1. The van der Waals surface area contributed by atoms with Crippen molar-refractivity contribution >= 4 is 29.9 Å². The van der Waals surface area contributed by atoms with Gasteiger partial charge in [0.2, 0.25) is 0 Å². The summed E-state index contributed by atoms with van der Waals surface area (Å²) in [5.74, 6) is 0.613. The zero-order chi connectivity index (χ0) is 11.0. The minimum absolute atomic E-state index is 0.